The molecule has 1 heterocycles. The van der Waals surface area contributed by atoms with Crippen molar-refractivity contribution >= 4 is 52.5 Å². The maximum atomic E-state index is 13.6. The number of carbonyl (C=O) groups is 2. The van der Waals surface area contributed by atoms with E-state index >= 15 is 0 Å². The molecule has 0 spiro atoms. The van der Waals surface area contributed by atoms with Crippen molar-refractivity contribution in [3.63, 3.8) is 0 Å². The number of rotatable bonds is 6. The number of aryl methyl sites for hydroxylation is 1. The molecule has 3 aromatic rings. The van der Waals surface area contributed by atoms with Crippen LogP contribution in [0.3, 0.4) is 0 Å². The van der Waals surface area contributed by atoms with Crippen molar-refractivity contribution in [1.82, 2.24) is 5.32 Å². The van der Waals surface area contributed by atoms with Gasteiger partial charge in [0.05, 0.1) is 5.25 Å². The highest BCUT2D eigenvalue weighted by Gasteiger charge is 2.41. The number of carbonyl (C=O) groups excluding carboxylic acids is 2. The molecular weight excluding hydrogens is 501 g/mol. The lowest BCUT2D eigenvalue weighted by Gasteiger charge is -2.19. The van der Waals surface area contributed by atoms with Gasteiger partial charge in [-0.3, -0.25) is 14.5 Å². The minimum absolute atomic E-state index is 0.107. The molecule has 1 aliphatic rings. The lowest BCUT2D eigenvalue weighted by Crippen LogP contribution is -2.32. The van der Waals surface area contributed by atoms with Crippen molar-refractivity contribution in [3.05, 3.63) is 110 Å². The summed E-state index contributed by atoms with van der Waals surface area (Å²) in [6, 6.07) is 24.0. The highest BCUT2D eigenvalue weighted by atomic mass is 35.5. The molecule has 1 N–H and O–H groups in total. The normalized spacial score (nSPS) is 16.7. The van der Waals surface area contributed by atoms with Gasteiger partial charge < -0.3 is 5.32 Å². The molecule has 0 bridgehead atoms. The van der Waals surface area contributed by atoms with Gasteiger partial charge in [0.15, 0.2) is 0 Å². The van der Waals surface area contributed by atoms with E-state index in [2.05, 4.69) is 5.32 Å². The largest absolute Gasteiger partial charge is 0.347 e. The molecule has 1 aliphatic heterocycles. The van der Waals surface area contributed by atoms with Crippen LogP contribution in [0.5, 0.6) is 0 Å². The Kier molecular flexibility index (Phi) is 7.82. The van der Waals surface area contributed by atoms with Crippen LogP contribution in [-0.2, 0) is 22.6 Å². The van der Waals surface area contributed by atoms with Crippen molar-refractivity contribution in [2.75, 3.05) is 4.90 Å². The van der Waals surface area contributed by atoms with E-state index < -0.39 is 11.2 Å². The van der Waals surface area contributed by atoms with Gasteiger partial charge in [-0.2, -0.15) is 5.26 Å². The second-order valence-corrected chi connectivity index (χ2v) is 10.1. The Morgan fingerprint density at radius 1 is 1.09 bits per heavy atom. The van der Waals surface area contributed by atoms with E-state index in [-0.39, 0.29) is 18.0 Å². The molecule has 8 heteroatoms. The zero-order valence-electron chi connectivity index (χ0n) is 18.8. The van der Waals surface area contributed by atoms with Crippen LogP contribution in [0.2, 0.25) is 10.0 Å². The summed E-state index contributed by atoms with van der Waals surface area (Å²) in [4.78, 5) is 28.1. The summed E-state index contributed by atoms with van der Waals surface area (Å²) >= 11 is 13.6. The molecule has 0 aromatic heterocycles. The van der Waals surface area contributed by atoms with Crippen LogP contribution in [-0.4, -0.2) is 17.1 Å². The summed E-state index contributed by atoms with van der Waals surface area (Å²) in [6.45, 7) is 2.22. The van der Waals surface area contributed by atoms with Gasteiger partial charge >= 0.3 is 0 Å². The van der Waals surface area contributed by atoms with Crippen LogP contribution in [0.1, 0.15) is 16.7 Å². The molecule has 4 rings (SSSR count). The molecule has 1 fully saturated rings. The van der Waals surface area contributed by atoms with Gasteiger partial charge in [0.25, 0.3) is 5.91 Å². The molecule has 0 radical (unpaired) electrons. The van der Waals surface area contributed by atoms with Crippen LogP contribution >= 0.6 is 35.0 Å². The Hall–Kier alpha value is -3.24. The van der Waals surface area contributed by atoms with Crippen LogP contribution in [0.15, 0.2) is 83.4 Å². The lowest BCUT2D eigenvalue weighted by atomic mass is 10.1. The molecule has 0 saturated carbocycles. The zero-order chi connectivity index (χ0) is 24.9. The minimum Gasteiger partial charge on any atom is -0.347 e. The maximum Gasteiger partial charge on any atom is 0.264 e. The number of hydrogen-bond acceptors (Lipinski definition) is 4. The molecule has 3 aromatic carbocycles. The fourth-order valence-electron chi connectivity index (χ4n) is 3.67. The molecule has 1 atom stereocenters. The molecule has 1 unspecified atom stereocenters. The second kappa shape index (κ2) is 11.0. The number of anilines is 1. The number of nitrogens with zero attached hydrogens (tertiary/aromatic N) is 2. The zero-order valence-corrected chi connectivity index (χ0v) is 21.1. The summed E-state index contributed by atoms with van der Waals surface area (Å²) in [7, 11) is 0. The number of amides is 2. The summed E-state index contributed by atoms with van der Waals surface area (Å²) < 4.78 is 0. The number of thioether (sulfide) groups is 1. The van der Waals surface area contributed by atoms with Crippen molar-refractivity contribution in [1.29, 1.82) is 5.26 Å². The smallest absolute Gasteiger partial charge is 0.264 e. The predicted molar refractivity (Wildman–Crippen MR) is 141 cm³/mol. The molecule has 35 heavy (non-hydrogen) atoms. The molecule has 2 amide bonds. The molecular formula is C27H21Cl2N3O2S. The topological polar surface area (TPSA) is 73.2 Å². The van der Waals surface area contributed by atoms with Gasteiger partial charge in [-0.25, -0.2) is 0 Å². The SMILES string of the molecule is Cc1ccc(N2C(=O)C(Cc3ccc(Cl)cc3Cl)SC2=C(C#N)C(=O)NCc2ccccc2)cc1. The Balaban J connectivity index is 1.68. The molecule has 176 valence electrons. The van der Waals surface area contributed by atoms with Gasteiger partial charge in [0, 0.05) is 22.3 Å². The maximum absolute atomic E-state index is 13.6. The third-order valence-electron chi connectivity index (χ3n) is 5.51. The Labute approximate surface area is 218 Å². The first-order valence-corrected chi connectivity index (χ1v) is 12.5. The van der Waals surface area contributed by atoms with E-state index in [1.165, 1.54) is 16.7 Å². The summed E-state index contributed by atoms with van der Waals surface area (Å²) in [6.07, 6.45) is 0.329. The van der Waals surface area contributed by atoms with Crippen molar-refractivity contribution in [3.8, 4) is 6.07 Å². The van der Waals surface area contributed by atoms with Crippen LogP contribution in [0.4, 0.5) is 5.69 Å². The summed E-state index contributed by atoms with van der Waals surface area (Å²) in [5.41, 5.74) is 3.19. The third kappa shape index (κ3) is 5.71. The van der Waals surface area contributed by atoms with Crippen LogP contribution in [0, 0.1) is 18.3 Å². The fraction of sp³-hybridized carbons (Fsp3) is 0.148. The first-order valence-electron chi connectivity index (χ1n) is 10.8. The van der Waals surface area contributed by atoms with Gasteiger partial charge in [-0.1, -0.05) is 89.1 Å². The second-order valence-electron chi connectivity index (χ2n) is 8.02. The number of hydrogen-bond donors (Lipinski definition) is 1. The molecule has 1 saturated heterocycles. The quantitative estimate of drug-likeness (QED) is 0.316. The van der Waals surface area contributed by atoms with E-state index in [0.717, 1.165) is 16.7 Å². The van der Waals surface area contributed by atoms with Gasteiger partial charge in [-0.15, -0.1) is 0 Å². The minimum atomic E-state index is -0.560. The summed E-state index contributed by atoms with van der Waals surface area (Å²) in [5.74, 6) is -0.752. The van der Waals surface area contributed by atoms with E-state index in [1.54, 1.807) is 18.2 Å². The lowest BCUT2D eigenvalue weighted by molar-refractivity contribution is -0.117. The van der Waals surface area contributed by atoms with Gasteiger partial charge in [0.1, 0.15) is 16.7 Å². The number of benzene rings is 3. The Morgan fingerprint density at radius 3 is 2.46 bits per heavy atom. The average Bonchev–Trinajstić information content (AvgIpc) is 3.16. The fourth-order valence-corrected chi connectivity index (χ4v) is 5.45. The monoisotopic (exact) mass is 521 g/mol. The number of halogens is 2. The predicted octanol–water partition coefficient (Wildman–Crippen LogP) is 6.04. The highest BCUT2D eigenvalue weighted by molar-refractivity contribution is 8.05. The standard InChI is InChI=1S/C27H21Cl2N3O2S/c1-17-7-11-21(12-8-17)32-26(34)24(13-19-9-10-20(28)14-23(19)29)35-27(32)22(15-30)25(33)31-16-18-5-3-2-4-6-18/h2-12,14,24H,13,16H2,1H3,(H,31,33). The number of nitriles is 1. The van der Waals surface area contributed by atoms with E-state index in [4.69, 9.17) is 23.2 Å². The van der Waals surface area contributed by atoms with Crippen molar-refractivity contribution in [2.24, 2.45) is 0 Å². The molecule has 0 aliphatic carbocycles. The first-order chi connectivity index (χ1) is 16.9. The van der Waals surface area contributed by atoms with Crippen molar-refractivity contribution < 1.29 is 9.59 Å². The summed E-state index contributed by atoms with van der Waals surface area (Å²) in [5, 5.41) is 13.5. The first kappa shape index (κ1) is 24.9. The third-order valence-corrected chi connectivity index (χ3v) is 7.36. The van der Waals surface area contributed by atoms with E-state index in [0.29, 0.717) is 27.2 Å². The van der Waals surface area contributed by atoms with Gasteiger partial charge in [-0.05, 0) is 48.7 Å². The van der Waals surface area contributed by atoms with Crippen molar-refractivity contribution in [2.45, 2.75) is 25.1 Å². The number of nitrogens with one attached hydrogen (secondary N) is 1. The van der Waals surface area contributed by atoms with Crippen LogP contribution < -0.4 is 10.2 Å². The van der Waals surface area contributed by atoms with E-state index in [9.17, 15) is 14.9 Å². The van der Waals surface area contributed by atoms with Gasteiger partial charge in [0.2, 0.25) is 5.91 Å². The van der Waals surface area contributed by atoms with Crippen LogP contribution in [0.25, 0.3) is 0 Å². The molecule has 5 nitrogen and oxygen atoms in total. The average molecular weight is 522 g/mol. The van der Waals surface area contributed by atoms with E-state index in [1.807, 2.05) is 67.6 Å². The highest BCUT2D eigenvalue weighted by Crippen LogP contribution is 2.42. The Morgan fingerprint density at radius 2 is 1.80 bits per heavy atom. The Bertz CT molecular complexity index is 1330.